The lowest BCUT2D eigenvalue weighted by Crippen LogP contribution is -2.31. The zero-order valence-corrected chi connectivity index (χ0v) is 11.0. The first-order valence-corrected chi connectivity index (χ1v) is 6.65. The van der Waals surface area contributed by atoms with Gasteiger partial charge in [0.15, 0.2) is 0 Å². The second kappa shape index (κ2) is 5.49. The third-order valence-corrected chi connectivity index (χ3v) is 4.34. The van der Waals surface area contributed by atoms with Crippen LogP contribution in [0.25, 0.3) is 0 Å². The van der Waals surface area contributed by atoms with Crippen molar-refractivity contribution in [2.24, 2.45) is 5.92 Å². The van der Waals surface area contributed by atoms with Crippen LogP contribution in [0, 0.1) is 5.92 Å². The van der Waals surface area contributed by atoms with Gasteiger partial charge in [-0.1, -0.05) is 22.4 Å². The van der Waals surface area contributed by atoms with Gasteiger partial charge in [0.1, 0.15) is 5.75 Å². The number of alkyl halides is 1. The number of nitrogens with zero attached hydrogens (tertiary/aromatic N) is 1. The Morgan fingerprint density at radius 2 is 2.41 bits per heavy atom. The predicted octanol–water partition coefficient (Wildman–Crippen LogP) is 2.08. The molecule has 1 aliphatic carbocycles. The standard InChI is InChI=1S/C12H15BrN2O2/c13-10-3-1-2-8(10)6-15-12(17)9-4-5-14-7-11(9)16/h4-5,7-8,10,16H,1-3,6H2,(H,15,17). The first-order valence-electron chi connectivity index (χ1n) is 5.73. The molecule has 1 saturated carbocycles. The minimum Gasteiger partial charge on any atom is -0.505 e. The minimum atomic E-state index is -0.239. The molecule has 1 heterocycles. The zero-order chi connectivity index (χ0) is 12.3. The summed E-state index contributed by atoms with van der Waals surface area (Å²) in [6.07, 6.45) is 6.28. The van der Waals surface area contributed by atoms with Gasteiger partial charge in [0, 0.05) is 17.6 Å². The molecule has 4 nitrogen and oxygen atoms in total. The summed E-state index contributed by atoms with van der Waals surface area (Å²) >= 11 is 3.61. The summed E-state index contributed by atoms with van der Waals surface area (Å²) in [4.78, 5) is 16.0. The maximum absolute atomic E-state index is 11.8. The number of carbonyl (C=O) groups excluding carboxylic acids is 1. The summed E-state index contributed by atoms with van der Waals surface area (Å²) in [6, 6.07) is 1.52. The Kier molecular flexibility index (Phi) is 3.99. The molecule has 1 fully saturated rings. The molecule has 1 aromatic rings. The third kappa shape index (κ3) is 2.97. The smallest absolute Gasteiger partial charge is 0.255 e. The van der Waals surface area contributed by atoms with E-state index in [1.165, 1.54) is 31.3 Å². The summed E-state index contributed by atoms with van der Waals surface area (Å²) in [5.74, 6) is 0.172. The van der Waals surface area contributed by atoms with Crippen molar-refractivity contribution in [1.82, 2.24) is 10.3 Å². The fourth-order valence-corrected chi connectivity index (χ4v) is 2.89. The highest BCUT2D eigenvalue weighted by Crippen LogP contribution is 2.30. The van der Waals surface area contributed by atoms with Crippen molar-refractivity contribution >= 4 is 21.8 Å². The molecule has 1 aromatic heterocycles. The number of amides is 1. The van der Waals surface area contributed by atoms with E-state index in [1.807, 2.05) is 0 Å². The number of halogens is 1. The minimum absolute atomic E-state index is 0.0770. The Bertz CT molecular complexity index is 411. The van der Waals surface area contributed by atoms with Crippen LogP contribution in [0.15, 0.2) is 18.5 Å². The Balaban J connectivity index is 1.91. The molecule has 0 radical (unpaired) electrons. The van der Waals surface area contributed by atoms with Gasteiger partial charge in [0.05, 0.1) is 11.8 Å². The largest absolute Gasteiger partial charge is 0.505 e. The Morgan fingerprint density at radius 1 is 1.59 bits per heavy atom. The fourth-order valence-electron chi connectivity index (χ4n) is 2.12. The number of aromatic nitrogens is 1. The molecule has 0 bridgehead atoms. The maximum atomic E-state index is 11.8. The van der Waals surface area contributed by atoms with Crippen molar-refractivity contribution < 1.29 is 9.90 Å². The Labute approximate surface area is 109 Å². The number of nitrogens with one attached hydrogen (secondary N) is 1. The highest BCUT2D eigenvalue weighted by atomic mass is 79.9. The van der Waals surface area contributed by atoms with Gasteiger partial charge in [0.25, 0.3) is 5.91 Å². The first kappa shape index (κ1) is 12.4. The first-order chi connectivity index (χ1) is 8.18. The number of hydrogen-bond acceptors (Lipinski definition) is 3. The van der Waals surface area contributed by atoms with E-state index in [-0.39, 0.29) is 17.2 Å². The summed E-state index contributed by atoms with van der Waals surface area (Å²) in [6.45, 7) is 0.649. The van der Waals surface area contributed by atoms with E-state index in [0.717, 1.165) is 6.42 Å². The molecule has 2 unspecified atom stereocenters. The van der Waals surface area contributed by atoms with Gasteiger partial charge in [0.2, 0.25) is 0 Å². The number of rotatable bonds is 3. The molecular formula is C12H15BrN2O2. The molecule has 0 aromatic carbocycles. The van der Waals surface area contributed by atoms with Gasteiger partial charge < -0.3 is 10.4 Å². The van der Waals surface area contributed by atoms with Gasteiger partial charge in [-0.2, -0.15) is 0 Å². The topological polar surface area (TPSA) is 62.2 Å². The van der Waals surface area contributed by atoms with E-state index in [1.54, 1.807) is 0 Å². The zero-order valence-electron chi connectivity index (χ0n) is 9.40. The lowest BCUT2D eigenvalue weighted by Gasteiger charge is -2.14. The summed E-state index contributed by atoms with van der Waals surface area (Å²) in [5, 5.41) is 12.3. The van der Waals surface area contributed by atoms with Gasteiger partial charge >= 0.3 is 0 Å². The van der Waals surface area contributed by atoms with E-state index in [4.69, 9.17) is 0 Å². The molecule has 2 atom stereocenters. The normalized spacial score (nSPS) is 23.6. The van der Waals surface area contributed by atoms with Crippen LogP contribution in [-0.2, 0) is 0 Å². The molecule has 5 heteroatoms. The maximum Gasteiger partial charge on any atom is 0.255 e. The molecule has 0 aliphatic heterocycles. The number of hydrogen-bond donors (Lipinski definition) is 2. The summed E-state index contributed by atoms with van der Waals surface area (Å²) < 4.78 is 0. The molecule has 92 valence electrons. The van der Waals surface area contributed by atoms with Crippen molar-refractivity contribution in [1.29, 1.82) is 0 Å². The summed E-state index contributed by atoms with van der Waals surface area (Å²) in [5.41, 5.74) is 0.282. The van der Waals surface area contributed by atoms with Gasteiger partial charge in [-0.3, -0.25) is 9.78 Å². The van der Waals surface area contributed by atoms with E-state index in [0.29, 0.717) is 17.3 Å². The van der Waals surface area contributed by atoms with Crippen LogP contribution in [-0.4, -0.2) is 27.4 Å². The average Bonchev–Trinajstić information content (AvgIpc) is 2.72. The monoisotopic (exact) mass is 298 g/mol. The van der Waals surface area contributed by atoms with E-state index >= 15 is 0 Å². The van der Waals surface area contributed by atoms with Crippen LogP contribution in [0.3, 0.4) is 0 Å². The SMILES string of the molecule is O=C(NCC1CCCC1Br)c1ccncc1O. The summed E-state index contributed by atoms with van der Waals surface area (Å²) in [7, 11) is 0. The van der Waals surface area contributed by atoms with E-state index in [2.05, 4.69) is 26.2 Å². The fraction of sp³-hybridized carbons (Fsp3) is 0.500. The molecule has 17 heavy (non-hydrogen) atoms. The lowest BCUT2D eigenvalue weighted by atomic mass is 10.1. The van der Waals surface area contributed by atoms with Crippen molar-refractivity contribution in [2.45, 2.75) is 24.1 Å². The van der Waals surface area contributed by atoms with Crippen LogP contribution >= 0.6 is 15.9 Å². The van der Waals surface area contributed by atoms with Crippen molar-refractivity contribution in [2.75, 3.05) is 6.54 Å². The van der Waals surface area contributed by atoms with Gasteiger partial charge in [-0.25, -0.2) is 0 Å². The average molecular weight is 299 g/mol. The molecule has 2 N–H and O–H groups in total. The molecule has 0 saturated heterocycles. The molecule has 1 amide bonds. The Morgan fingerprint density at radius 3 is 3.06 bits per heavy atom. The molecular weight excluding hydrogens is 284 g/mol. The number of carbonyl (C=O) groups is 1. The Hall–Kier alpha value is -1.10. The van der Waals surface area contributed by atoms with E-state index < -0.39 is 0 Å². The predicted molar refractivity (Wildman–Crippen MR) is 68.3 cm³/mol. The van der Waals surface area contributed by atoms with Crippen LogP contribution in [0.1, 0.15) is 29.6 Å². The number of aromatic hydroxyl groups is 1. The van der Waals surface area contributed by atoms with Crippen LogP contribution < -0.4 is 5.32 Å². The third-order valence-electron chi connectivity index (χ3n) is 3.14. The van der Waals surface area contributed by atoms with Gasteiger partial charge in [-0.05, 0) is 24.8 Å². The van der Waals surface area contributed by atoms with E-state index in [9.17, 15) is 9.90 Å². The molecule has 0 spiro atoms. The number of pyridine rings is 1. The second-order valence-electron chi connectivity index (χ2n) is 4.31. The van der Waals surface area contributed by atoms with Crippen molar-refractivity contribution in [3.63, 3.8) is 0 Å². The van der Waals surface area contributed by atoms with Crippen LogP contribution in [0.5, 0.6) is 5.75 Å². The molecule has 1 aliphatic rings. The van der Waals surface area contributed by atoms with Crippen molar-refractivity contribution in [3.05, 3.63) is 24.0 Å². The highest BCUT2D eigenvalue weighted by Gasteiger charge is 2.25. The second-order valence-corrected chi connectivity index (χ2v) is 5.49. The van der Waals surface area contributed by atoms with Crippen LogP contribution in [0.2, 0.25) is 0 Å². The highest BCUT2D eigenvalue weighted by molar-refractivity contribution is 9.09. The van der Waals surface area contributed by atoms with Crippen molar-refractivity contribution in [3.8, 4) is 5.75 Å². The lowest BCUT2D eigenvalue weighted by molar-refractivity contribution is 0.0945. The quantitative estimate of drug-likeness (QED) is 0.840. The van der Waals surface area contributed by atoms with Crippen LogP contribution in [0.4, 0.5) is 0 Å². The molecule has 2 rings (SSSR count). The van der Waals surface area contributed by atoms with Gasteiger partial charge in [-0.15, -0.1) is 0 Å².